The van der Waals surface area contributed by atoms with E-state index in [-0.39, 0.29) is 5.91 Å². The molecular weight excluding hydrogens is 356 g/mol. The minimum absolute atomic E-state index is 0.0142. The molecule has 5 rings (SSSR count). The molecular formula is C22H28N2O4. The molecule has 150 valence electrons. The van der Waals surface area contributed by atoms with Gasteiger partial charge in [-0.3, -0.25) is 9.69 Å². The van der Waals surface area contributed by atoms with Crippen molar-refractivity contribution < 1.29 is 18.7 Å². The normalized spacial score (nSPS) is 22.3. The number of hydrogen-bond acceptors (Lipinski definition) is 5. The van der Waals surface area contributed by atoms with Gasteiger partial charge in [-0.05, 0) is 43.0 Å². The van der Waals surface area contributed by atoms with E-state index in [1.165, 1.54) is 6.42 Å². The summed E-state index contributed by atoms with van der Waals surface area (Å²) in [6, 6.07) is 11.7. The average Bonchev–Trinajstić information content (AvgIpc) is 3.05. The lowest BCUT2D eigenvalue weighted by Crippen LogP contribution is -2.45. The van der Waals surface area contributed by atoms with Crippen LogP contribution in [0.4, 0.5) is 0 Å². The lowest BCUT2D eigenvalue weighted by molar-refractivity contribution is 0.0690. The molecule has 3 saturated heterocycles. The van der Waals surface area contributed by atoms with Crippen LogP contribution >= 0.6 is 0 Å². The Morgan fingerprint density at radius 2 is 2.04 bits per heavy atom. The van der Waals surface area contributed by atoms with E-state index in [1.54, 1.807) is 20.3 Å². The standard InChI is InChI=1S/C22H28N2O4/c1-26-11-10-23-13-16-6-7-18(23)15-24(14-16)22(25)21-9-8-20(28-21)17-4-3-5-19(12-17)27-2/h3-5,8-9,12,16,18H,6-7,10-11,13-15H2,1-2H3/t16-,18-/m1/s1. The zero-order chi connectivity index (χ0) is 19.5. The van der Waals surface area contributed by atoms with E-state index in [9.17, 15) is 4.79 Å². The predicted octanol–water partition coefficient (Wildman–Crippen LogP) is 3.14. The summed E-state index contributed by atoms with van der Waals surface area (Å²) in [5.41, 5.74) is 0.903. The number of benzene rings is 1. The first kappa shape index (κ1) is 19.0. The summed E-state index contributed by atoms with van der Waals surface area (Å²) in [6.45, 7) is 4.27. The van der Waals surface area contributed by atoms with E-state index in [2.05, 4.69) is 4.90 Å². The van der Waals surface area contributed by atoms with Crippen LogP contribution < -0.4 is 4.74 Å². The highest BCUT2D eigenvalue weighted by atomic mass is 16.5. The molecule has 3 fully saturated rings. The Hall–Kier alpha value is -2.31. The molecule has 28 heavy (non-hydrogen) atoms. The highest BCUT2D eigenvalue weighted by Crippen LogP contribution is 2.30. The van der Waals surface area contributed by atoms with Gasteiger partial charge >= 0.3 is 0 Å². The smallest absolute Gasteiger partial charge is 0.289 e. The number of rotatable bonds is 6. The van der Waals surface area contributed by atoms with Gasteiger partial charge in [-0.15, -0.1) is 0 Å². The lowest BCUT2D eigenvalue weighted by Gasteiger charge is -2.35. The van der Waals surface area contributed by atoms with Crippen LogP contribution in [0.5, 0.6) is 5.75 Å². The first-order valence-corrected chi connectivity index (χ1v) is 9.94. The Labute approximate surface area is 166 Å². The molecule has 6 nitrogen and oxygen atoms in total. The Kier molecular flexibility index (Phi) is 5.69. The zero-order valence-corrected chi connectivity index (χ0v) is 16.6. The van der Waals surface area contributed by atoms with E-state index >= 15 is 0 Å². The van der Waals surface area contributed by atoms with Crippen LogP contribution in [0, 0.1) is 5.92 Å². The van der Waals surface area contributed by atoms with Crippen LogP contribution in [0.1, 0.15) is 23.4 Å². The third-order valence-corrected chi connectivity index (χ3v) is 5.87. The fraction of sp³-hybridized carbons (Fsp3) is 0.500. The van der Waals surface area contributed by atoms with Crippen LogP contribution in [-0.4, -0.2) is 68.8 Å². The minimum atomic E-state index is -0.0142. The molecule has 4 heterocycles. The highest BCUT2D eigenvalue weighted by molar-refractivity contribution is 5.92. The summed E-state index contributed by atoms with van der Waals surface area (Å²) in [5, 5.41) is 0. The first-order valence-electron chi connectivity index (χ1n) is 9.94. The molecule has 0 aliphatic carbocycles. The van der Waals surface area contributed by atoms with E-state index in [0.717, 1.165) is 50.5 Å². The number of piperidine rings is 1. The molecule has 0 N–H and O–H groups in total. The molecule has 0 saturated carbocycles. The van der Waals surface area contributed by atoms with Crippen molar-refractivity contribution in [1.82, 2.24) is 9.80 Å². The predicted molar refractivity (Wildman–Crippen MR) is 107 cm³/mol. The molecule has 3 aliphatic heterocycles. The van der Waals surface area contributed by atoms with Crippen molar-refractivity contribution in [3.8, 4) is 17.1 Å². The third-order valence-electron chi connectivity index (χ3n) is 5.87. The number of carbonyl (C=O) groups is 1. The molecule has 1 amide bonds. The highest BCUT2D eigenvalue weighted by Gasteiger charge is 2.37. The van der Waals surface area contributed by atoms with Gasteiger partial charge < -0.3 is 18.8 Å². The number of ether oxygens (including phenoxy) is 2. The van der Waals surface area contributed by atoms with E-state index in [0.29, 0.717) is 23.5 Å². The molecule has 3 aliphatic rings. The minimum Gasteiger partial charge on any atom is -0.497 e. The second kappa shape index (κ2) is 8.37. The van der Waals surface area contributed by atoms with E-state index in [1.807, 2.05) is 35.2 Å². The van der Waals surface area contributed by atoms with Crippen molar-refractivity contribution in [1.29, 1.82) is 0 Å². The van der Waals surface area contributed by atoms with Crippen LogP contribution in [-0.2, 0) is 4.74 Å². The molecule has 0 spiro atoms. The second-order valence-electron chi connectivity index (χ2n) is 7.69. The van der Waals surface area contributed by atoms with Crippen molar-refractivity contribution in [3.05, 3.63) is 42.2 Å². The SMILES string of the molecule is COCCN1C[C@H]2CC[C@@H]1CN(C(=O)c1ccc(-c3cccc(OC)c3)o1)C2. The van der Waals surface area contributed by atoms with Crippen LogP contribution in [0.25, 0.3) is 11.3 Å². The summed E-state index contributed by atoms with van der Waals surface area (Å²) in [6.07, 6.45) is 2.33. The molecule has 6 heteroatoms. The molecule has 1 aromatic carbocycles. The lowest BCUT2D eigenvalue weighted by atomic mass is 9.95. The zero-order valence-electron chi connectivity index (χ0n) is 16.6. The van der Waals surface area contributed by atoms with Crippen molar-refractivity contribution in [3.63, 3.8) is 0 Å². The van der Waals surface area contributed by atoms with Crippen LogP contribution in [0.15, 0.2) is 40.8 Å². The molecule has 1 aromatic heterocycles. The van der Waals surface area contributed by atoms with Gasteiger partial charge in [0.2, 0.25) is 0 Å². The maximum absolute atomic E-state index is 13.1. The Bertz CT molecular complexity index is 818. The first-order chi connectivity index (χ1) is 13.7. The van der Waals surface area contributed by atoms with Crippen LogP contribution in [0.2, 0.25) is 0 Å². The van der Waals surface area contributed by atoms with Gasteiger partial charge in [0.05, 0.1) is 13.7 Å². The maximum atomic E-state index is 13.1. The van der Waals surface area contributed by atoms with Gasteiger partial charge in [0.25, 0.3) is 5.91 Å². The summed E-state index contributed by atoms with van der Waals surface area (Å²) < 4.78 is 16.5. The van der Waals surface area contributed by atoms with Crippen LogP contribution in [0.3, 0.4) is 0 Å². The third kappa shape index (κ3) is 3.93. The second-order valence-corrected chi connectivity index (χ2v) is 7.69. The molecule has 0 unspecified atom stereocenters. The summed E-state index contributed by atoms with van der Waals surface area (Å²) in [4.78, 5) is 17.6. The number of methoxy groups -OCH3 is 2. The van der Waals surface area contributed by atoms with Gasteiger partial charge in [-0.25, -0.2) is 0 Å². The van der Waals surface area contributed by atoms with Crippen molar-refractivity contribution >= 4 is 5.91 Å². The van der Waals surface area contributed by atoms with Crippen molar-refractivity contribution in [2.45, 2.75) is 18.9 Å². The number of furan rings is 1. The molecule has 2 atom stereocenters. The largest absolute Gasteiger partial charge is 0.497 e. The number of carbonyl (C=O) groups excluding carboxylic acids is 1. The van der Waals surface area contributed by atoms with Gasteiger partial charge in [0.1, 0.15) is 11.5 Å². The van der Waals surface area contributed by atoms with E-state index in [4.69, 9.17) is 13.9 Å². The van der Waals surface area contributed by atoms with Gasteiger partial charge in [0, 0.05) is 44.9 Å². The van der Waals surface area contributed by atoms with E-state index < -0.39 is 0 Å². The fourth-order valence-electron chi connectivity index (χ4n) is 4.37. The fourth-order valence-corrected chi connectivity index (χ4v) is 4.37. The van der Waals surface area contributed by atoms with Gasteiger partial charge in [-0.2, -0.15) is 0 Å². The van der Waals surface area contributed by atoms with Gasteiger partial charge in [-0.1, -0.05) is 12.1 Å². The van der Waals surface area contributed by atoms with Gasteiger partial charge in [0.15, 0.2) is 5.76 Å². The summed E-state index contributed by atoms with van der Waals surface area (Å²) in [7, 11) is 3.38. The number of hydrogen-bond donors (Lipinski definition) is 0. The molecule has 2 bridgehead atoms. The Morgan fingerprint density at radius 1 is 1.14 bits per heavy atom. The molecule has 0 radical (unpaired) electrons. The van der Waals surface area contributed by atoms with Crippen molar-refractivity contribution in [2.75, 3.05) is 47.0 Å². The number of amides is 1. The quantitative estimate of drug-likeness (QED) is 0.766. The number of nitrogens with zero attached hydrogens (tertiary/aromatic N) is 2. The summed E-state index contributed by atoms with van der Waals surface area (Å²) >= 11 is 0. The summed E-state index contributed by atoms with van der Waals surface area (Å²) in [5.74, 6) is 2.36. The van der Waals surface area contributed by atoms with Crippen molar-refractivity contribution in [2.24, 2.45) is 5.92 Å². The number of fused-ring (bicyclic) bond motifs is 4. The Morgan fingerprint density at radius 3 is 2.86 bits per heavy atom. The molecule has 2 aromatic rings. The Balaban J connectivity index is 1.48. The monoisotopic (exact) mass is 384 g/mol. The maximum Gasteiger partial charge on any atom is 0.289 e. The topological polar surface area (TPSA) is 55.2 Å². The average molecular weight is 384 g/mol.